The first-order valence-electron chi connectivity index (χ1n) is 4.59. The minimum atomic E-state index is 0.226. The van der Waals surface area contributed by atoms with Crippen molar-refractivity contribution in [2.45, 2.75) is 26.3 Å². The smallest absolute Gasteiger partial charge is 0.0105 e. The van der Waals surface area contributed by atoms with Crippen molar-refractivity contribution in [3.05, 3.63) is 0 Å². The van der Waals surface area contributed by atoms with E-state index in [-0.39, 0.29) is 5.54 Å². The van der Waals surface area contributed by atoms with E-state index in [4.69, 9.17) is 5.73 Å². The first-order chi connectivity index (χ1) is 5.45. The van der Waals surface area contributed by atoms with E-state index >= 15 is 0 Å². The Bertz CT molecular complexity index is 107. The van der Waals surface area contributed by atoms with Gasteiger partial charge in [0.15, 0.2) is 0 Å². The maximum absolute atomic E-state index is 5.42. The van der Waals surface area contributed by atoms with Crippen LogP contribution in [0.4, 0.5) is 0 Å². The molecule has 0 bridgehead atoms. The van der Waals surface area contributed by atoms with Crippen LogP contribution in [0.15, 0.2) is 0 Å². The summed E-state index contributed by atoms with van der Waals surface area (Å²) < 4.78 is 0. The molecule has 0 saturated heterocycles. The quantitative estimate of drug-likeness (QED) is 0.627. The van der Waals surface area contributed by atoms with Gasteiger partial charge in [-0.05, 0) is 27.8 Å². The first-order valence-corrected chi connectivity index (χ1v) is 4.59. The average Bonchev–Trinajstić information content (AvgIpc) is 1.84. The molecule has 0 spiro atoms. The van der Waals surface area contributed by atoms with Crippen LogP contribution in [-0.2, 0) is 0 Å². The van der Waals surface area contributed by atoms with Crippen molar-refractivity contribution in [2.24, 2.45) is 5.73 Å². The van der Waals surface area contributed by atoms with Gasteiger partial charge in [0.1, 0.15) is 0 Å². The van der Waals surface area contributed by atoms with Crippen molar-refractivity contribution in [3.63, 3.8) is 0 Å². The lowest BCUT2D eigenvalue weighted by atomic mass is 10.1. The predicted octanol–water partition coefficient (Wildman–Crippen LogP) is 0.265. The molecule has 0 radical (unpaired) electrons. The summed E-state index contributed by atoms with van der Waals surface area (Å²) in [5, 5.41) is 3.43. The molecule has 0 aromatic heterocycles. The van der Waals surface area contributed by atoms with Gasteiger partial charge in [0.2, 0.25) is 0 Å². The van der Waals surface area contributed by atoms with Crippen molar-refractivity contribution in [2.75, 3.05) is 33.2 Å². The zero-order chi connectivity index (χ0) is 9.61. The van der Waals surface area contributed by atoms with Gasteiger partial charge >= 0.3 is 0 Å². The Labute approximate surface area is 76.3 Å². The van der Waals surface area contributed by atoms with Gasteiger partial charge in [-0.1, -0.05) is 0 Å². The first kappa shape index (κ1) is 11.9. The molecule has 0 saturated carbocycles. The Hall–Kier alpha value is -0.120. The van der Waals surface area contributed by atoms with Crippen LogP contribution in [0.2, 0.25) is 0 Å². The molecule has 0 amide bonds. The van der Waals surface area contributed by atoms with Crippen molar-refractivity contribution < 1.29 is 0 Å². The highest BCUT2D eigenvalue weighted by Crippen LogP contribution is 1.96. The fourth-order valence-electron chi connectivity index (χ4n) is 0.954. The Kier molecular flexibility index (Phi) is 5.46. The van der Waals surface area contributed by atoms with Crippen molar-refractivity contribution in [3.8, 4) is 0 Å². The van der Waals surface area contributed by atoms with Crippen LogP contribution in [0.1, 0.15) is 20.8 Å². The molecule has 0 fully saturated rings. The number of nitrogens with two attached hydrogens (primary N) is 1. The molecule has 3 heteroatoms. The highest BCUT2D eigenvalue weighted by Gasteiger charge is 2.07. The van der Waals surface area contributed by atoms with Gasteiger partial charge in [-0.15, -0.1) is 0 Å². The fraction of sp³-hybridized carbons (Fsp3) is 1.00. The van der Waals surface area contributed by atoms with Crippen LogP contribution >= 0.6 is 0 Å². The predicted molar refractivity (Wildman–Crippen MR) is 54.3 cm³/mol. The number of nitrogens with one attached hydrogen (secondary N) is 1. The number of hydrogen-bond acceptors (Lipinski definition) is 3. The summed E-state index contributed by atoms with van der Waals surface area (Å²) in [6.07, 6.45) is 0. The number of nitrogens with zero attached hydrogens (tertiary/aromatic N) is 1. The summed E-state index contributed by atoms with van der Waals surface area (Å²) in [6.45, 7) is 10.3. The summed E-state index contributed by atoms with van der Waals surface area (Å²) in [7, 11) is 2.09. The lowest BCUT2D eigenvalue weighted by molar-refractivity contribution is 0.316. The van der Waals surface area contributed by atoms with Crippen molar-refractivity contribution in [1.29, 1.82) is 0 Å². The van der Waals surface area contributed by atoms with Crippen LogP contribution in [-0.4, -0.2) is 43.7 Å². The maximum atomic E-state index is 5.42. The zero-order valence-electron chi connectivity index (χ0n) is 8.85. The third-order valence-corrected chi connectivity index (χ3v) is 1.66. The number of rotatable bonds is 5. The third kappa shape index (κ3) is 7.98. The monoisotopic (exact) mass is 173 g/mol. The number of likely N-dealkylation sites (N-methyl/N-ethyl adjacent to an activating group) is 1. The normalized spacial score (nSPS) is 12.5. The SMILES string of the molecule is CN(CCN)CCNC(C)(C)C. The molecule has 12 heavy (non-hydrogen) atoms. The van der Waals surface area contributed by atoms with Crippen LogP contribution in [0.3, 0.4) is 0 Å². The minimum absolute atomic E-state index is 0.226. The second-order valence-corrected chi connectivity index (χ2v) is 4.27. The molecule has 3 nitrogen and oxygen atoms in total. The van der Waals surface area contributed by atoms with Crippen molar-refractivity contribution in [1.82, 2.24) is 10.2 Å². The van der Waals surface area contributed by atoms with Crippen LogP contribution in [0.5, 0.6) is 0 Å². The zero-order valence-corrected chi connectivity index (χ0v) is 8.85. The van der Waals surface area contributed by atoms with Crippen LogP contribution < -0.4 is 11.1 Å². The second-order valence-electron chi connectivity index (χ2n) is 4.27. The van der Waals surface area contributed by atoms with E-state index in [1.165, 1.54) is 0 Å². The summed E-state index contributed by atoms with van der Waals surface area (Å²) >= 11 is 0. The van der Waals surface area contributed by atoms with Gasteiger partial charge in [-0.2, -0.15) is 0 Å². The Morgan fingerprint density at radius 2 is 1.83 bits per heavy atom. The summed E-state index contributed by atoms with van der Waals surface area (Å²) in [6, 6.07) is 0. The molecular formula is C9H23N3. The van der Waals surface area contributed by atoms with Gasteiger partial charge in [-0.3, -0.25) is 0 Å². The van der Waals surface area contributed by atoms with Gasteiger partial charge in [0, 0.05) is 31.7 Å². The largest absolute Gasteiger partial charge is 0.329 e. The highest BCUT2D eigenvalue weighted by atomic mass is 15.1. The van der Waals surface area contributed by atoms with E-state index in [0.717, 1.165) is 26.2 Å². The van der Waals surface area contributed by atoms with E-state index < -0.39 is 0 Å². The van der Waals surface area contributed by atoms with E-state index in [1.54, 1.807) is 0 Å². The van der Waals surface area contributed by atoms with E-state index in [2.05, 4.69) is 38.0 Å². The summed E-state index contributed by atoms with van der Waals surface area (Å²) in [5.41, 5.74) is 5.65. The molecule has 0 rings (SSSR count). The van der Waals surface area contributed by atoms with Crippen LogP contribution in [0.25, 0.3) is 0 Å². The molecule has 74 valence electrons. The Morgan fingerprint density at radius 1 is 1.25 bits per heavy atom. The standard InChI is InChI=1S/C9H23N3/c1-9(2,3)11-6-8-12(4)7-5-10/h11H,5-8,10H2,1-4H3. The lowest BCUT2D eigenvalue weighted by Crippen LogP contribution is -2.41. The van der Waals surface area contributed by atoms with Gasteiger partial charge < -0.3 is 16.0 Å². The molecule has 0 aliphatic rings. The van der Waals surface area contributed by atoms with Gasteiger partial charge in [0.25, 0.3) is 0 Å². The fourth-order valence-corrected chi connectivity index (χ4v) is 0.954. The van der Waals surface area contributed by atoms with E-state index in [1.807, 2.05) is 0 Å². The molecule has 0 heterocycles. The molecule has 0 aromatic rings. The average molecular weight is 173 g/mol. The molecule has 0 aliphatic heterocycles. The molecule has 0 unspecified atom stereocenters. The van der Waals surface area contributed by atoms with Crippen LogP contribution in [0, 0.1) is 0 Å². The highest BCUT2D eigenvalue weighted by molar-refractivity contribution is 4.70. The van der Waals surface area contributed by atoms with Gasteiger partial charge in [-0.25, -0.2) is 0 Å². The molecule has 3 N–H and O–H groups in total. The lowest BCUT2D eigenvalue weighted by Gasteiger charge is -2.23. The molecule has 0 atom stereocenters. The molecular weight excluding hydrogens is 150 g/mol. The second kappa shape index (κ2) is 5.51. The topological polar surface area (TPSA) is 41.3 Å². The Balaban J connectivity index is 3.31. The minimum Gasteiger partial charge on any atom is -0.329 e. The third-order valence-electron chi connectivity index (χ3n) is 1.66. The summed E-state index contributed by atoms with van der Waals surface area (Å²) in [5.74, 6) is 0. The Morgan fingerprint density at radius 3 is 2.25 bits per heavy atom. The van der Waals surface area contributed by atoms with Crippen molar-refractivity contribution >= 4 is 0 Å². The summed E-state index contributed by atoms with van der Waals surface area (Å²) in [4.78, 5) is 2.23. The maximum Gasteiger partial charge on any atom is 0.0105 e. The number of hydrogen-bond donors (Lipinski definition) is 2. The molecule has 0 aliphatic carbocycles. The molecule has 0 aromatic carbocycles. The van der Waals surface area contributed by atoms with E-state index in [0.29, 0.717) is 0 Å². The van der Waals surface area contributed by atoms with E-state index in [9.17, 15) is 0 Å². The van der Waals surface area contributed by atoms with Gasteiger partial charge in [0.05, 0.1) is 0 Å².